The largest absolute Gasteiger partial charge is 0.390 e. The first-order valence-corrected chi connectivity index (χ1v) is 7.47. The molecular formula is C13H14F2N2O3S. The lowest BCUT2D eigenvalue weighted by atomic mass is 10.2. The van der Waals surface area contributed by atoms with Crippen molar-refractivity contribution in [3.8, 4) is 0 Å². The van der Waals surface area contributed by atoms with E-state index in [0.29, 0.717) is 5.69 Å². The number of aliphatic hydroxyl groups is 1. The van der Waals surface area contributed by atoms with E-state index < -0.39 is 27.3 Å². The van der Waals surface area contributed by atoms with E-state index in [9.17, 15) is 17.2 Å². The van der Waals surface area contributed by atoms with Crippen LogP contribution in [0.25, 0.3) is 0 Å². The van der Waals surface area contributed by atoms with Crippen LogP contribution < -0.4 is 4.72 Å². The van der Waals surface area contributed by atoms with Crippen molar-refractivity contribution in [3.05, 3.63) is 47.3 Å². The maximum absolute atomic E-state index is 13.7. The minimum Gasteiger partial charge on any atom is -0.390 e. The summed E-state index contributed by atoms with van der Waals surface area (Å²) in [7, 11) is -2.50. The summed E-state index contributed by atoms with van der Waals surface area (Å²) >= 11 is 0. The predicted octanol–water partition coefficient (Wildman–Crippen LogP) is 1.90. The van der Waals surface area contributed by atoms with E-state index in [4.69, 9.17) is 5.11 Å². The molecule has 0 fully saturated rings. The highest BCUT2D eigenvalue weighted by molar-refractivity contribution is 7.92. The van der Waals surface area contributed by atoms with Gasteiger partial charge in [-0.05, 0) is 24.6 Å². The molecule has 1 aromatic carbocycles. The first-order chi connectivity index (χ1) is 9.74. The van der Waals surface area contributed by atoms with Crippen LogP contribution in [0.2, 0.25) is 0 Å². The number of aliphatic hydroxyl groups excluding tert-OH is 1. The summed E-state index contributed by atoms with van der Waals surface area (Å²) in [6.07, 6.45) is 1.27. The van der Waals surface area contributed by atoms with Crippen LogP contribution >= 0.6 is 0 Å². The highest BCUT2D eigenvalue weighted by Crippen LogP contribution is 2.23. The molecule has 8 heteroatoms. The molecule has 0 radical (unpaired) electrons. The summed E-state index contributed by atoms with van der Waals surface area (Å²) in [6.45, 7) is 1.04. The Kier molecular flexibility index (Phi) is 4.02. The minimum absolute atomic E-state index is 0.0812. The number of aryl methyl sites for hydroxylation is 2. The Morgan fingerprint density at radius 1 is 1.24 bits per heavy atom. The van der Waals surface area contributed by atoms with Gasteiger partial charge < -0.3 is 9.67 Å². The van der Waals surface area contributed by atoms with Gasteiger partial charge in [-0.15, -0.1) is 0 Å². The van der Waals surface area contributed by atoms with Gasteiger partial charge in [-0.2, -0.15) is 0 Å². The van der Waals surface area contributed by atoms with Gasteiger partial charge in [0.1, 0.15) is 16.5 Å². The van der Waals surface area contributed by atoms with Crippen LogP contribution in [0, 0.1) is 18.6 Å². The van der Waals surface area contributed by atoms with Gasteiger partial charge in [-0.25, -0.2) is 17.2 Å². The highest BCUT2D eigenvalue weighted by Gasteiger charge is 2.20. The minimum atomic E-state index is -4.07. The molecule has 0 amide bonds. The third-order valence-electron chi connectivity index (χ3n) is 3.05. The molecule has 0 spiro atoms. The fraction of sp³-hybridized carbons (Fsp3) is 0.231. The molecular weight excluding hydrogens is 302 g/mol. The third kappa shape index (κ3) is 3.06. The van der Waals surface area contributed by atoms with Gasteiger partial charge in [0.15, 0.2) is 0 Å². The van der Waals surface area contributed by atoms with Gasteiger partial charge in [0, 0.05) is 25.0 Å². The molecule has 114 valence electrons. The standard InChI is InChI=1S/C13H14F2N2O3S/c1-8-3-12(15)13(5-11(8)14)16-21(19,20)10-4-9(7-18)17(2)6-10/h3-6,16,18H,7H2,1-2H3. The number of rotatable bonds is 4. The second kappa shape index (κ2) is 5.45. The molecule has 5 nitrogen and oxygen atoms in total. The molecule has 0 unspecified atom stereocenters. The number of aromatic nitrogens is 1. The smallest absolute Gasteiger partial charge is 0.263 e. The molecule has 1 aromatic heterocycles. The molecule has 2 aromatic rings. The number of halogens is 2. The van der Waals surface area contributed by atoms with Crippen molar-refractivity contribution in [1.29, 1.82) is 0 Å². The Morgan fingerprint density at radius 2 is 1.90 bits per heavy atom. The predicted molar refractivity (Wildman–Crippen MR) is 73.2 cm³/mol. The average molecular weight is 316 g/mol. The van der Waals surface area contributed by atoms with Crippen LogP contribution in [-0.2, 0) is 23.7 Å². The maximum atomic E-state index is 13.7. The van der Waals surface area contributed by atoms with Crippen molar-refractivity contribution in [3.63, 3.8) is 0 Å². The first kappa shape index (κ1) is 15.5. The van der Waals surface area contributed by atoms with Crippen LogP contribution in [0.5, 0.6) is 0 Å². The van der Waals surface area contributed by atoms with Gasteiger partial charge in [-0.3, -0.25) is 4.72 Å². The summed E-state index contributed by atoms with van der Waals surface area (Å²) in [6, 6.07) is 2.96. The average Bonchev–Trinajstić information content (AvgIpc) is 2.78. The zero-order valence-corrected chi connectivity index (χ0v) is 12.2. The van der Waals surface area contributed by atoms with Crippen LogP contribution in [0.15, 0.2) is 29.3 Å². The Balaban J connectivity index is 2.39. The molecule has 21 heavy (non-hydrogen) atoms. The van der Waals surface area contributed by atoms with Gasteiger partial charge in [0.2, 0.25) is 0 Å². The molecule has 2 N–H and O–H groups in total. The van der Waals surface area contributed by atoms with E-state index in [1.807, 2.05) is 4.72 Å². The maximum Gasteiger partial charge on any atom is 0.263 e. The zero-order valence-electron chi connectivity index (χ0n) is 11.4. The Morgan fingerprint density at radius 3 is 2.48 bits per heavy atom. The Hall–Kier alpha value is -1.93. The first-order valence-electron chi connectivity index (χ1n) is 5.99. The molecule has 1 heterocycles. The van der Waals surface area contributed by atoms with Gasteiger partial charge >= 0.3 is 0 Å². The molecule has 0 aliphatic heterocycles. The summed E-state index contributed by atoms with van der Waals surface area (Å²) in [5.41, 5.74) is -0.00355. The normalized spacial score (nSPS) is 11.7. The zero-order chi connectivity index (χ0) is 15.8. The lowest BCUT2D eigenvalue weighted by Crippen LogP contribution is -2.14. The molecule has 0 bridgehead atoms. The van der Waals surface area contributed by atoms with Gasteiger partial charge in [0.05, 0.1) is 12.3 Å². The van der Waals surface area contributed by atoms with Crippen molar-refractivity contribution >= 4 is 15.7 Å². The van der Waals surface area contributed by atoms with Crippen molar-refractivity contribution in [2.75, 3.05) is 4.72 Å². The number of hydrogen-bond acceptors (Lipinski definition) is 3. The Bertz CT molecular complexity index is 785. The van der Waals surface area contributed by atoms with Crippen molar-refractivity contribution < 1.29 is 22.3 Å². The number of nitrogens with one attached hydrogen (secondary N) is 1. The van der Waals surface area contributed by atoms with Crippen LogP contribution in [-0.4, -0.2) is 18.1 Å². The molecule has 0 saturated carbocycles. The van der Waals surface area contributed by atoms with E-state index in [2.05, 4.69) is 0 Å². The van der Waals surface area contributed by atoms with E-state index in [-0.39, 0.29) is 17.1 Å². The monoisotopic (exact) mass is 316 g/mol. The third-order valence-corrected chi connectivity index (χ3v) is 4.38. The SMILES string of the molecule is Cc1cc(F)c(NS(=O)(=O)c2cc(CO)n(C)c2)cc1F. The number of benzene rings is 1. The number of sulfonamides is 1. The van der Waals surface area contributed by atoms with E-state index in [0.717, 1.165) is 12.1 Å². The van der Waals surface area contributed by atoms with E-state index in [1.165, 1.54) is 23.8 Å². The molecule has 0 saturated heterocycles. The van der Waals surface area contributed by atoms with Crippen LogP contribution in [0.1, 0.15) is 11.3 Å². The summed E-state index contributed by atoms with van der Waals surface area (Å²) in [5.74, 6) is -1.58. The summed E-state index contributed by atoms with van der Waals surface area (Å²) < 4.78 is 54.8. The number of hydrogen-bond donors (Lipinski definition) is 2. The van der Waals surface area contributed by atoms with Gasteiger partial charge in [0.25, 0.3) is 10.0 Å². The lowest BCUT2D eigenvalue weighted by molar-refractivity contribution is 0.272. The Labute approximate surface area is 120 Å². The topological polar surface area (TPSA) is 71.3 Å². The van der Waals surface area contributed by atoms with Crippen molar-refractivity contribution in [1.82, 2.24) is 4.57 Å². The quantitative estimate of drug-likeness (QED) is 0.905. The fourth-order valence-corrected chi connectivity index (χ4v) is 2.96. The van der Waals surface area contributed by atoms with Crippen LogP contribution in [0.4, 0.5) is 14.5 Å². The lowest BCUT2D eigenvalue weighted by Gasteiger charge is -2.08. The number of nitrogens with zero attached hydrogens (tertiary/aromatic N) is 1. The fourth-order valence-electron chi connectivity index (χ4n) is 1.81. The van der Waals surface area contributed by atoms with E-state index in [1.54, 1.807) is 7.05 Å². The van der Waals surface area contributed by atoms with Gasteiger partial charge in [-0.1, -0.05) is 0 Å². The molecule has 0 aliphatic carbocycles. The molecule has 2 rings (SSSR count). The summed E-state index contributed by atoms with van der Waals surface area (Å²) in [5, 5.41) is 9.05. The number of anilines is 1. The van der Waals surface area contributed by atoms with Crippen molar-refractivity contribution in [2.24, 2.45) is 7.05 Å². The molecule has 0 atom stereocenters. The van der Waals surface area contributed by atoms with Crippen molar-refractivity contribution in [2.45, 2.75) is 18.4 Å². The highest BCUT2D eigenvalue weighted by atomic mass is 32.2. The second-order valence-corrected chi connectivity index (χ2v) is 6.31. The van der Waals surface area contributed by atoms with E-state index >= 15 is 0 Å². The second-order valence-electron chi connectivity index (χ2n) is 4.62. The van der Waals surface area contributed by atoms with Crippen LogP contribution in [0.3, 0.4) is 0 Å². The molecule has 0 aliphatic rings. The summed E-state index contributed by atoms with van der Waals surface area (Å²) in [4.78, 5) is -0.144.